The minimum Gasteiger partial charge on any atom is -0.380 e. The predicted octanol–water partition coefficient (Wildman–Crippen LogP) is 2.30. The number of hydrogen-bond acceptors (Lipinski definition) is 2. The van der Waals surface area contributed by atoms with Gasteiger partial charge in [-0.3, -0.25) is 0 Å². The van der Waals surface area contributed by atoms with E-state index >= 15 is 0 Å². The first-order valence-corrected chi connectivity index (χ1v) is 5.60. The standard InChI is InChI=1S/C13H19NO/c1-10-6-13(8-14-10)12-5-3-4-11(7-12)9-15-2/h3-5,7,10,13-14H,6,8-9H2,1-2H3. The third-order valence-electron chi connectivity index (χ3n) is 3.08. The van der Waals surface area contributed by atoms with Gasteiger partial charge in [0.2, 0.25) is 0 Å². The van der Waals surface area contributed by atoms with Gasteiger partial charge in [0.25, 0.3) is 0 Å². The van der Waals surface area contributed by atoms with E-state index in [1.54, 1.807) is 7.11 Å². The van der Waals surface area contributed by atoms with E-state index in [0.717, 1.165) is 6.54 Å². The number of benzene rings is 1. The third kappa shape index (κ3) is 2.58. The second-order valence-electron chi connectivity index (χ2n) is 4.42. The van der Waals surface area contributed by atoms with Gasteiger partial charge >= 0.3 is 0 Å². The molecule has 1 heterocycles. The molecule has 0 spiro atoms. The maximum absolute atomic E-state index is 5.15. The summed E-state index contributed by atoms with van der Waals surface area (Å²) in [7, 11) is 1.74. The molecule has 2 unspecified atom stereocenters. The number of hydrogen-bond donors (Lipinski definition) is 1. The van der Waals surface area contributed by atoms with Crippen molar-refractivity contribution in [3.63, 3.8) is 0 Å². The summed E-state index contributed by atoms with van der Waals surface area (Å²) >= 11 is 0. The minimum absolute atomic E-state index is 0.654. The van der Waals surface area contributed by atoms with E-state index in [1.807, 2.05) is 0 Å². The van der Waals surface area contributed by atoms with Crippen molar-refractivity contribution in [3.8, 4) is 0 Å². The summed E-state index contributed by atoms with van der Waals surface area (Å²) in [5.41, 5.74) is 2.72. The summed E-state index contributed by atoms with van der Waals surface area (Å²) < 4.78 is 5.15. The normalized spacial score (nSPS) is 25.7. The van der Waals surface area contributed by atoms with Crippen LogP contribution in [0.5, 0.6) is 0 Å². The van der Waals surface area contributed by atoms with Crippen molar-refractivity contribution in [1.29, 1.82) is 0 Å². The van der Waals surface area contributed by atoms with Gasteiger partial charge < -0.3 is 10.1 Å². The fourth-order valence-corrected chi connectivity index (χ4v) is 2.29. The van der Waals surface area contributed by atoms with E-state index in [0.29, 0.717) is 18.6 Å². The van der Waals surface area contributed by atoms with Gasteiger partial charge in [-0.2, -0.15) is 0 Å². The molecule has 2 atom stereocenters. The van der Waals surface area contributed by atoms with Crippen molar-refractivity contribution >= 4 is 0 Å². The van der Waals surface area contributed by atoms with Crippen molar-refractivity contribution in [1.82, 2.24) is 5.32 Å². The molecule has 2 nitrogen and oxygen atoms in total. The van der Waals surface area contributed by atoms with Crippen LogP contribution in [0.3, 0.4) is 0 Å². The average Bonchev–Trinajstić information content (AvgIpc) is 2.66. The molecule has 82 valence electrons. The molecule has 0 saturated carbocycles. The number of nitrogens with one attached hydrogen (secondary N) is 1. The van der Waals surface area contributed by atoms with Gasteiger partial charge in [0.1, 0.15) is 0 Å². The fraction of sp³-hybridized carbons (Fsp3) is 0.538. The molecule has 1 aliphatic rings. The van der Waals surface area contributed by atoms with Crippen molar-refractivity contribution in [2.24, 2.45) is 0 Å². The number of ether oxygens (including phenoxy) is 1. The average molecular weight is 205 g/mol. The summed E-state index contributed by atoms with van der Waals surface area (Å²) in [6, 6.07) is 9.41. The molecule has 0 aromatic heterocycles. The molecule has 0 amide bonds. The Kier molecular flexibility index (Phi) is 3.39. The quantitative estimate of drug-likeness (QED) is 0.817. The largest absolute Gasteiger partial charge is 0.380 e. The highest BCUT2D eigenvalue weighted by Crippen LogP contribution is 2.26. The first-order chi connectivity index (χ1) is 7.29. The van der Waals surface area contributed by atoms with E-state index in [9.17, 15) is 0 Å². The molecular formula is C13H19NO. The predicted molar refractivity (Wildman–Crippen MR) is 62.0 cm³/mol. The monoisotopic (exact) mass is 205 g/mol. The molecular weight excluding hydrogens is 186 g/mol. The molecule has 1 N–H and O–H groups in total. The summed E-state index contributed by atoms with van der Waals surface area (Å²) in [5.74, 6) is 0.678. The molecule has 0 bridgehead atoms. The summed E-state index contributed by atoms with van der Waals surface area (Å²) in [4.78, 5) is 0. The van der Waals surface area contributed by atoms with E-state index < -0.39 is 0 Å². The molecule has 1 aromatic rings. The summed E-state index contributed by atoms with van der Waals surface area (Å²) in [6.45, 7) is 4.07. The smallest absolute Gasteiger partial charge is 0.0713 e. The molecule has 0 radical (unpaired) electrons. The maximum atomic E-state index is 5.15. The molecule has 0 aliphatic carbocycles. The Morgan fingerprint density at radius 1 is 1.47 bits per heavy atom. The van der Waals surface area contributed by atoms with Crippen molar-refractivity contribution in [2.75, 3.05) is 13.7 Å². The van der Waals surface area contributed by atoms with Gasteiger partial charge in [0.05, 0.1) is 6.61 Å². The molecule has 2 rings (SSSR count). The molecule has 1 aliphatic heterocycles. The zero-order valence-corrected chi connectivity index (χ0v) is 9.49. The minimum atomic E-state index is 0.654. The first kappa shape index (κ1) is 10.7. The van der Waals surface area contributed by atoms with Crippen LogP contribution < -0.4 is 5.32 Å². The lowest BCUT2D eigenvalue weighted by molar-refractivity contribution is 0.185. The van der Waals surface area contributed by atoms with Gasteiger partial charge in [-0.1, -0.05) is 24.3 Å². The van der Waals surface area contributed by atoms with Gasteiger partial charge in [0, 0.05) is 19.7 Å². The lowest BCUT2D eigenvalue weighted by Gasteiger charge is -2.10. The van der Waals surface area contributed by atoms with Crippen LogP contribution in [0.15, 0.2) is 24.3 Å². The highest BCUT2D eigenvalue weighted by atomic mass is 16.5. The van der Waals surface area contributed by atoms with Crippen LogP contribution in [0, 0.1) is 0 Å². The van der Waals surface area contributed by atoms with E-state index in [1.165, 1.54) is 17.5 Å². The van der Waals surface area contributed by atoms with Gasteiger partial charge in [-0.25, -0.2) is 0 Å². The summed E-state index contributed by atoms with van der Waals surface area (Å²) in [5, 5.41) is 3.49. The van der Waals surface area contributed by atoms with Gasteiger partial charge in [-0.15, -0.1) is 0 Å². The Hall–Kier alpha value is -0.860. The molecule has 1 fully saturated rings. The first-order valence-electron chi connectivity index (χ1n) is 5.60. The lowest BCUT2D eigenvalue weighted by Crippen LogP contribution is -2.16. The second kappa shape index (κ2) is 4.77. The van der Waals surface area contributed by atoms with E-state index in [-0.39, 0.29) is 0 Å². The van der Waals surface area contributed by atoms with Crippen LogP contribution in [0.4, 0.5) is 0 Å². The highest BCUT2D eigenvalue weighted by molar-refractivity contribution is 5.27. The van der Waals surface area contributed by atoms with Gasteiger partial charge in [0.15, 0.2) is 0 Å². The topological polar surface area (TPSA) is 21.3 Å². The van der Waals surface area contributed by atoms with Crippen LogP contribution in [0.25, 0.3) is 0 Å². The zero-order chi connectivity index (χ0) is 10.7. The van der Waals surface area contributed by atoms with Crippen molar-refractivity contribution in [2.45, 2.75) is 31.9 Å². The second-order valence-corrected chi connectivity index (χ2v) is 4.42. The number of methoxy groups -OCH3 is 1. The van der Waals surface area contributed by atoms with Crippen molar-refractivity contribution in [3.05, 3.63) is 35.4 Å². The van der Waals surface area contributed by atoms with E-state index in [4.69, 9.17) is 4.74 Å². The third-order valence-corrected chi connectivity index (χ3v) is 3.08. The van der Waals surface area contributed by atoms with Crippen LogP contribution in [-0.2, 0) is 11.3 Å². The lowest BCUT2D eigenvalue weighted by atomic mass is 9.95. The Morgan fingerprint density at radius 3 is 3.00 bits per heavy atom. The molecule has 2 heteroatoms. The molecule has 1 aromatic carbocycles. The Morgan fingerprint density at radius 2 is 2.33 bits per heavy atom. The summed E-state index contributed by atoms with van der Waals surface area (Å²) in [6.07, 6.45) is 1.25. The maximum Gasteiger partial charge on any atom is 0.0713 e. The van der Waals surface area contributed by atoms with Crippen LogP contribution in [-0.4, -0.2) is 19.7 Å². The van der Waals surface area contributed by atoms with Crippen LogP contribution in [0.2, 0.25) is 0 Å². The Bertz CT molecular complexity index is 324. The van der Waals surface area contributed by atoms with Crippen LogP contribution >= 0.6 is 0 Å². The molecule has 15 heavy (non-hydrogen) atoms. The fourth-order valence-electron chi connectivity index (χ4n) is 2.29. The highest BCUT2D eigenvalue weighted by Gasteiger charge is 2.21. The Balaban J connectivity index is 2.10. The Labute approximate surface area is 91.6 Å². The van der Waals surface area contributed by atoms with Crippen molar-refractivity contribution < 1.29 is 4.74 Å². The van der Waals surface area contributed by atoms with E-state index in [2.05, 4.69) is 36.5 Å². The zero-order valence-electron chi connectivity index (χ0n) is 9.49. The van der Waals surface area contributed by atoms with Crippen LogP contribution in [0.1, 0.15) is 30.4 Å². The molecule has 1 saturated heterocycles. The SMILES string of the molecule is COCc1cccc(C2CNC(C)C2)c1. The van der Waals surface area contributed by atoms with Gasteiger partial charge in [-0.05, 0) is 30.4 Å². The number of rotatable bonds is 3.